The lowest BCUT2D eigenvalue weighted by atomic mass is 9.70. The summed E-state index contributed by atoms with van der Waals surface area (Å²) in [5.74, 6) is 0.769. The molecule has 26 heavy (non-hydrogen) atoms. The van der Waals surface area contributed by atoms with Gasteiger partial charge in [-0.3, -0.25) is 0 Å². The number of para-hydroxylation sites is 1. The molecule has 2 aromatic carbocycles. The van der Waals surface area contributed by atoms with Gasteiger partial charge < -0.3 is 19.9 Å². The second-order valence-corrected chi connectivity index (χ2v) is 7.33. The van der Waals surface area contributed by atoms with E-state index in [-0.39, 0.29) is 18.2 Å². The largest absolute Gasteiger partial charge is 0.467 e. The third-order valence-corrected chi connectivity index (χ3v) is 5.07. The number of aryl methyl sites for hydroxylation is 1. The molecule has 0 aromatic heterocycles. The van der Waals surface area contributed by atoms with Crippen LogP contribution < -0.4 is 10.1 Å². The Bertz CT molecular complexity index is 800. The van der Waals surface area contributed by atoms with Crippen molar-refractivity contribution in [1.82, 2.24) is 5.32 Å². The minimum absolute atomic E-state index is 0.119. The van der Waals surface area contributed by atoms with Crippen molar-refractivity contribution in [2.75, 3.05) is 13.9 Å². The second kappa shape index (κ2) is 7.38. The third-order valence-electron chi connectivity index (χ3n) is 5.07. The Hall–Kier alpha value is -2.53. The SMILES string of the molecule is COCOc1ccccc1-c1ccc2c(c1)CCC(C)(C)[C@@H]2NC(=O)O. The number of ether oxygens (including phenoxy) is 2. The lowest BCUT2D eigenvalue weighted by molar-refractivity contribution is 0.0515. The van der Waals surface area contributed by atoms with Gasteiger partial charge in [-0.25, -0.2) is 4.79 Å². The molecule has 2 aromatic rings. The minimum Gasteiger partial charge on any atom is -0.467 e. The van der Waals surface area contributed by atoms with E-state index in [1.165, 1.54) is 5.56 Å². The molecule has 0 spiro atoms. The van der Waals surface area contributed by atoms with Crippen molar-refractivity contribution in [3.8, 4) is 16.9 Å². The topological polar surface area (TPSA) is 67.8 Å². The smallest absolute Gasteiger partial charge is 0.405 e. The molecule has 1 amide bonds. The summed E-state index contributed by atoms with van der Waals surface area (Å²) in [7, 11) is 1.60. The van der Waals surface area contributed by atoms with E-state index in [1.54, 1.807) is 7.11 Å². The van der Waals surface area contributed by atoms with E-state index in [0.717, 1.165) is 35.3 Å². The van der Waals surface area contributed by atoms with Crippen LogP contribution in [0.25, 0.3) is 11.1 Å². The van der Waals surface area contributed by atoms with Gasteiger partial charge in [0, 0.05) is 12.7 Å². The summed E-state index contributed by atoms with van der Waals surface area (Å²) < 4.78 is 10.7. The predicted molar refractivity (Wildman–Crippen MR) is 100 cm³/mol. The Morgan fingerprint density at radius 1 is 1.27 bits per heavy atom. The fraction of sp³-hybridized carbons (Fsp3) is 0.381. The van der Waals surface area contributed by atoms with Gasteiger partial charge >= 0.3 is 6.09 Å². The van der Waals surface area contributed by atoms with Crippen molar-refractivity contribution in [3.63, 3.8) is 0 Å². The Kier molecular flexibility index (Phi) is 5.18. The van der Waals surface area contributed by atoms with E-state index >= 15 is 0 Å². The molecule has 1 atom stereocenters. The molecule has 0 heterocycles. The molecule has 0 aliphatic heterocycles. The van der Waals surface area contributed by atoms with Gasteiger partial charge in [-0.1, -0.05) is 50.2 Å². The number of nitrogens with one attached hydrogen (secondary N) is 1. The average molecular weight is 355 g/mol. The Morgan fingerprint density at radius 2 is 2.04 bits per heavy atom. The Morgan fingerprint density at radius 3 is 2.77 bits per heavy atom. The van der Waals surface area contributed by atoms with Gasteiger partial charge in [-0.15, -0.1) is 0 Å². The molecule has 5 heteroatoms. The lowest BCUT2D eigenvalue weighted by Crippen LogP contribution is -2.40. The number of fused-ring (bicyclic) bond motifs is 1. The quantitative estimate of drug-likeness (QED) is 0.768. The highest BCUT2D eigenvalue weighted by Crippen LogP contribution is 2.44. The fourth-order valence-electron chi connectivity index (χ4n) is 3.64. The van der Waals surface area contributed by atoms with Crippen LogP contribution >= 0.6 is 0 Å². The maximum absolute atomic E-state index is 11.3. The van der Waals surface area contributed by atoms with Crippen LogP contribution in [-0.2, 0) is 11.2 Å². The maximum atomic E-state index is 11.3. The molecule has 0 fully saturated rings. The average Bonchev–Trinajstić information content (AvgIpc) is 2.62. The number of methoxy groups -OCH3 is 1. The highest BCUT2D eigenvalue weighted by Gasteiger charge is 2.37. The zero-order valence-corrected chi connectivity index (χ0v) is 15.4. The molecule has 1 aliphatic carbocycles. The molecule has 3 rings (SSSR count). The molecule has 0 saturated carbocycles. The van der Waals surface area contributed by atoms with Crippen molar-refractivity contribution < 1.29 is 19.4 Å². The number of carbonyl (C=O) groups is 1. The molecule has 0 unspecified atom stereocenters. The van der Waals surface area contributed by atoms with Crippen LogP contribution in [0.4, 0.5) is 4.79 Å². The standard InChI is InChI=1S/C21H25NO4/c1-21(2)11-10-15-12-14(8-9-17(15)19(21)22-20(23)24)16-6-4-5-7-18(16)26-13-25-3/h4-9,12,19,22H,10-11,13H2,1-3H3,(H,23,24)/t19-/m1/s1. The van der Waals surface area contributed by atoms with Crippen LogP contribution in [0.2, 0.25) is 0 Å². The first-order chi connectivity index (χ1) is 12.4. The summed E-state index contributed by atoms with van der Waals surface area (Å²) in [6.07, 6.45) is 0.865. The molecular weight excluding hydrogens is 330 g/mol. The first kappa shape index (κ1) is 18.3. The molecule has 138 valence electrons. The Balaban J connectivity index is 1.99. The molecule has 5 nitrogen and oxygen atoms in total. The molecular formula is C21H25NO4. The van der Waals surface area contributed by atoms with Gasteiger partial charge in [0.15, 0.2) is 6.79 Å². The molecule has 0 radical (unpaired) electrons. The van der Waals surface area contributed by atoms with Crippen molar-refractivity contribution in [2.24, 2.45) is 5.41 Å². The monoisotopic (exact) mass is 355 g/mol. The van der Waals surface area contributed by atoms with Crippen LogP contribution in [0, 0.1) is 5.41 Å². The summed E-state index contributed by atoms with van der Waals surface area (Å²) in [6, 6.07) is 13.9. The summed E-state index contributed by atoms with van der Waals surface area (Å²) in [5, 5.41) is 11.9. The van der Waals surface area contributed by atoms with Gasteiger partial charge in [-0.2, -0.15) is 0 Å². The lowest BCUT2D eigenvalue weighted by Gasteiger charge is -2.40. The van der Waals surface area contributed by atoms with Crippen molar-refractivity contribution in [1.29, 1.82) is 0 Å². The maximum Gasteiger partial charge on any atom is 0.405 e. The van der Waals surface area contributed by atoms with E-state index in [4.69, 9.17) is 9.47 Å². The van der Waals surface area contributed by atoms with Gasteiger partial charge in [0.1, 0.15) is 5.75 Å². The van der Waals surface area contributed by atoms with E-state index in [1.807, 2.05) is 36.4 Å². The van der Waals surface area contributed by atoms with Crippen LogP contribution in [0.5, 0.6) is 5.75 Å². The van der Waals surface area contributed by atoms with Crippen molar-refractivity contribution in [3.05, 3.63) is 53.6 Å². The normalized spacial score (nSPS) is 18.0. The van der Waals surface area contributed by atoms with Crippen LogP contribution in [-0.4, -0.2) is 25.1 Å². The zero-order chi connectivity index (χ0) is 18.7. The summed E-state index contributed by atoms with van der Waals surface area (Å²) in [5.41, 5.74) is 4.18. The van der Waals surface area contributed by atoms with Crippen molar-refractivity contribution >= 4 is 6.09 Å². The van der Waals surface area contributed by atoms with E-state index in [2.05, 4.69) is 25.2 Å². The Labute approximate surface area is 153 Å². The number of rotatable bonds is 5. The zero-order valence-electron chi connectivity index (χ0n) is 15.4. The van der Waals surface area contributed by atoms with Crippen LogP contribution in [0.3, 0.4) is 0 Å². The number of benzene rings is 2. The highest BCUT2D eigenvalue weighted by atomic mass is 16.7. The number of carboxylic acid groups (broad SMARTS) is 1. The predicted octanol–water partition coefficient (Wildman–Crippen LogP) is 4.62. The number of hydrogen-bond donors (Lipinski definition) is 2. The summed E-state index contributed by atoms with van der Waals surface area (Å²) >= 11 is 0. The van der Waals surface area contributed by atoms with Crippen LogP contribution in [0.1, 0.15) is 37.4 Å². The van der Waals surface area contributed by atoms with E-state index < -0.39 is 6.09 Å². The van der Waals surface area contributed by atoms with Gasteiger partial charge in [0.05, 0.1) is 6.04 Å². The fourth-order valence-corrected chi connectivity index (χ4v) is 3.64. The third kappa shape index (κ3) is 3.68. The van der Waals surface area contributed by atoms with Gasteiger partial charge in [0.25, 0.3) is 0 Å². The van der Waals surface area contributed by atoms with E-state index in [0.29, 0.717) is 0 Å². The molecule has 2 N–H and O–H groups in total. The first-order valence-corrected chi connectivity index (χ1v) is 8.76. The first-order valence-electron chi connectivity index (χ1n) is 8.76. The molecule has 0 bridgehead atoms. The summed E-state index contributed by atoms with van der Waals surface area (Å²) in [4.78, 5) is 11.3. The van der Waals surface area contributed by atoms with E-state index in [9.17, 15) is 9.90 Å². The van der Waals surface area contributed by atoms with Gasteiger partial charge in [0.2, 0.25) is 0 Å². The minimum atomic E-state index is -0.988. The molecule has 1 aliphatic rings. The van der Waals surface area contributed by atoms with Crippen LogP contribution in [0.15, 0.2) is 42.5 Å². The van der Waals surface area contributed by atoms with Crippen molar-refractivity contribution in [2.45, 2.75) is 32.7 Å². The molecule has 0 saturated heterocycles. The number of amides is 1. The van der Waals surface area contributed by atoms with Gasteiger partial charge in [-0.05, 0) is 41.0 Å². The number of hydrogen-bond acceptors (Lipinski definition) is 3. The highest BCUT2D eigenvalue weighted by molar-refractivity contribution is 5.72. The summed E-state index contributed by atoms with van der Waals surface area (Å²) in [6.45, 7) is 4.41. The second-order valence-electron chi connectivity index (χ2n) is 7.33.